The van der Waals surface area contributed by atoms with E-state index in [-0.39, 0.29) is 61.9 Å². The molecule has 16 rings (SSSR count). The van der Waals surface area contributed by atoms with E-state index in [2.05, 4.69) is 233 Å². The van der Waals surface area contributed by atoms with Crippen molar-refractivity contribution in [1.29, 1.82) is 0 Å². The zero-order valence-corrected chi connectivity index (χ0v) is 41.7. The van der Waals surface area contributed by atoms with E-state index in [9.17, 15) is 0 Å². The van der Waals surface area contributed by atoms with Crippen LogP contribution in [0.4, 0.5) is 0 Å². The van der Waals surface area contributed by atoms with E-state index in [1.54, 1.807) is 11.3 Å². The number of benzene rings is 2. The number of thiophene rings is 1. The Bertz CT molecular complexity index is 3830. The first-order valence-electron chi connectivity index (χ1n) is 25.9. The van der Waals surface area contributed by atoms with Gasteiger partial charge in [0.15, 0.2) is 0 Å². The molecule has 2 saturated heterocycles. The smallest absolute Gasteiger partial charge is 0.459 e. The van der Waals surface area contributed by atoms with E-state index in [1.807, 2.05) is 30.8 Å². The van der Waals surface area contributed by atoms with Gasteiger partial charge >= 0.3 is 56.0 Å². The first-order valence-corrected chi connectivity index (χ1v) is 26.7. The third kappa shape index (κ3) is 6.60. The molecule has 13 heterocycles. The van der Waals surface area contributed by atoms with Crippen molar-refractivity contribution in [2.45, 2.75) is 19.3 Å². The molecule has 10 aliphatic heterocycles. The molecule has 1 unspecified atom stereocenters. The lowest BCUT2D eigenvalue weighted by molar-refractivity contribution is 0.503. The van der Waals surface area contributed by atoms with E-state index in [0.29, 0.717) is 0 Å². The van der Waals surface area contributed by atoms with E-state index in [0.717, 1.165) is 78.0 Å². The van der Waals surface area contributed by atoms with Crippen LogP contribution in [0.1, 0.15) is 47.4 Å². The summed E-state index contributed by atoms with van der Waals surface area (Å²) in [6, 6.07) is 13.1. The van der Waals surface area contributed by atoms with Crippen LogP contribution < -0.4 is 0 Å². The Morgan fingerprint density at radius 3 is 2.12 bits per heavy atom. The summed E-state index contributed by atoms with van der Waals surface area (Å²) < 4.78 is 25.4. The second kappa shape index (κ2) is 16.8. The molecule has 2 fully saturated rings. The summed E-state index contributed by atoms with van der Waals surface area (Å²) in [5.41, 5.74) is 9.34. The van der Waals surface area contributed by atoms with Crippen LogP contribution in [0.2, 0.25) is 0 Å². The Labute approximate surface area is 442 Å². The average molecular weight is 982 g/mol. The summed E-state index contributed by atoms with van der Waals surface area (Å²) in [6.07, 6.45) is 50.6. The highest BCUT2D eigenvalue weighted by Crippen LogP contribution is 2.45. The summed E-state index contributed by atoms with van der Waals surface area (Å²) in [5, 5.41) is 7.19. The molecule has 3 aromatic heterocycles. The van der Waals surface area contributed by atoms with Crippen LogP contribution in [0.15, 0.2) is 215 Å². The van der Waals surface area contributed by atoms with Gasteiger partial charge in [-0.3, -0.25) is 0 Å². The van der Waals surface area contributed by atoms with Crippen molar-refractivity contribution in [3.63, 3.8) is 0 Å². The minimum absolute atomic E-state index is 0.0640. The molecule has 0 N–H and O–H groups in total. The molecule has 0 saturated carbocycles. The van der Waals surface area contributed by atoms with Gasteiger partial charge in [-0.2, -0.15) is 0 Å². The predicted octanol–water partition coefficient (Wildman–Crippen LogP) is 8.57. The summed E-state index contributed by atoms with van der Waals surface area (Å²) in [6.45, 7) is 1.47. The number of aromatic nitrogens is 2. The Hall–Kier alpha value is -8.36. The Balaban J connectivity index is 0.802. The first kappa shape index (κ1) is 43.1. The molecule has 1 aliphatic carbocycles. The fourth-order valence-electron chi connectivity index (χ4n) is 12.7. The number of fused-ring (bicyclic) bond motifs is 22. The minimum atomic E-state index is -0.357. The topological polar surface area (TPSA) is 89.6 Å². The van der Waals surface area contributed by atoms with Gasteiger partial charge in [0.1, 0.15) is 21.7 Å². The van der Waals surface area contributed by atoms with Crippen LogP contribution in [-0.4, -0.2) is 116 Å². The van der Waals surface area contributed by atoms with Crippen LogP contribution >= 0.6 is 11.3 Å². The van der Waals surface area contributed by atoms with Crippen molar-refractivity contribution in [1.82, 2.24) is 47.9 Å². The second-order valence-electron chi connectivity index (χ2n) is 20.3. The molecule has 1 atom stereocenters. The molecule has 0 bridgehead atoms. The van der Waals surface area contributed by atoms with Gasteiger partial charge in [-0.05, 0) is 115 Å². The molecule has 11 aliphatic rings. The number of allylic oxidation sites excluding steroid dienone is 15. The number of hydrazone groups is 1. The van der Waals surface area contributed by atoms with Crippen LogP contribution in [0.25, 0.3) is 54.2 Å². The predicted molar refractivity (Wildman–Crippen MR) is 315 cm³/mol. The number of rotatable bonds is 3. The molecule has 13 nitrogen and oxygen atoms in total. The Morgan fingerprint density at radius 2 is 1.28 bits per heavy atom. The van der Waals surface area contributed by atoms with Crippen molar-refractivity contribution in [3.05, 3.63) is 229 Å². The van der Waals surface area contributed by atoms with Gasteiger partial charge in [0, 0.05) is 44.9 Å². The molecule has 0 amide bonds. The fourth-order valence-corrected chi connectivity index (χ4v) is 13.7. The molecule has 5 aromatic rings. The maximum atomic E-state index is 7.21. The fraction of sp³-hybridized carbons (Fsp3) is 0.0566. The summed E-state index contributed by atoms with van der Waals surface area (Å²) in [5.74, 6) is 17.5. The number of hydrogen-bond acceptors (Lipinski definition) is 14. The monoisotopic (exact) mass is 982 g/mol. The number of furan rings is 1. The van der Waals surface area contributed by atoms with E-state index in [4.69, 9.17) is 24.4 Å². The zero-order chi connectivity index (χ0) is 49.3. The molecule has 350 valence electrons. The third-order valence-electron chi connectivity index (χ3n) is 16.2. The largest absolute Gasteiger partial charge is 0.517 e. The van der Waals surface area contributed by atoms with Crippen molar-refractivity contribution >= 4 is 134 Å². The van der Waals surface area contributed by atoms with Crippen LogP contribution in [-0.2, 0) is 0 Å². The molecular formula is C53H42B8N12OS. The molecular weight excluding hydrogens is 939 g/mol. The normalized spacial score (nSPS) is 21.3. The van der Waals surface area contributed by atoms with Crippen LogP contribution in [0.3, 0.4) is 0 Å². The number of hydrogen-bond donors (Lipinski definition) is 0. The maximum Gasteiger partial charge on any atom is 0.517 e. The first-order chi connectivity index (χ1) is 37.1. The van der Waals surface area contributed by atoms with Gasteiger partial charge < -0.3 is 47.2 Å². The van der Waals surface area contributed by atoms with Gasteiger partial charge in [0.05, 0.1) is 11.9 Å². The maximum absolute atomic E-state index is 7.21. The van der Waals surface area contributed by atoms with Gasteiger partial charge in [-0.1, -0.05) is 122 Å². The van der Waals surface area contributed by atoms with Gasteiger partial charge in [0.2, 0.25) is 0 Å². The van der Waals surface area contributed by atoms with Crippen molar-refractivity contribution in [2.24, 2.45) is 10.0 Å². The van der Waals surface area contributed by atoms with Gasteiger partial charge in [0.25, 0.3) is 0 Å². The highest BCUT2D eigenvalue weighted by atomic mass is 32.1. The zero-order valence-electron chi connectivity index (χ0n) is 40.9. The van der Waals surface area contributed by atoms with Crippen molar-refractivity contribution in [3.8, 4) is 0 Å². The van der Waals surface area contributed by atoms with Crippen molar-refractivity contribution < 1.29 is 4.42 Å². The highest BCUT2D eigenvalue weighted by molar-refractivity contribution is 7.25. The SMILES string of the molecule is CC1CC=Cc2c1oc1c(C3=CB4N(C=C3)B3C=CC=CN3B3C=CC=NN3B3N=CC=CN43)ccc(C3=CN4B5C=CC=CN5B5C=CC=CN5B5C=C(c6cnc7sc8ccccc8c7n6)C=CN5B4C=C3)c21. The summed E-state index contributed by atoms with van der Waals surface area (Å²) >= 11 is 1.69. The molecule has 75 heavy (non-hydrogen) atoms. The van der Waals surface area contributed by atoms with Crippen molar-refractivity contribution in [2.75, 3.05) is 0 Å². The van der Waals surface area contributed by atoms with E-state index < -0.39 is 0 Å². The van der Waals surface area contributed by atoms with Crippen LogP contribution in [0.5, 0.6) is 0 Å². The highest BCUT2D eigenvalue weighted by Gasteiger charge is 2.53. The standard InChI is InChI=1S/C53H42B8N12OS/c1-39-13-10-15-46-49-43(17-18-44(52(49)74-51(39)46)40-20-33-69-55-23-4-8-30-67(55)58-25-11-28-64-73(58)61-63-27-12-32-71(61)60(69)35-40)42-19-26-57-70-34-21-41(47-37-62-53-50(65-47)45-14-2-3-16-48(45)75-53)36-59(70)68-31-9-5-22-54(68)66-29-7-6-24-56(66)72(57)38-42/h2-12,14-39H,13H2,1H3. The third-order valence-corrected chi connectivity index (χ3v) is 17.3. The minimum Gasteiger partial charge on any atom is -0.459 e. The summed E-state index contributed by atoms with van der Waals surface area (Å²) in [4.78, 5) is 18.3. The molecule has 0 spiro atoms. The lowest BCUT2D eigenvalue weighted by atomic mass is 9.41. The lowest BCUT2D eigenvalue weighted by Gasteiger charge is -2.53. The lowest BCUT2D eigenvalue weighted by Crippen LogP contribution is -2.73. The quantitative estimate of drug-likeness (QED) is 0.163. The Morgan fingerprint density at radius 1 is 0.600 bits per heavy atom. The average Bonchev–Trinajstić information content (AvgIpc) is 4.07. The number of nitrogens with zero attached hydrogens (tertiary/aromatic N) is 12. The van der Waals surface area contributed by atoms with E-state index in [1.165, 1.54) is 4.70 Å². The molecule has 0 radical (unpaired) electrons. The van der Waals surface area contributed by atoms with Gasteiger partial charge in [-0.25, -0.2) is 15.1 Å². The van der Waals surface area contributed by atoms with E-state index >= 15 is 0 Å². The Kier molecular flexibility index (Phi) is 9.67. The second-order valence-corrected chi connectivity index (χ2v) is 21.4. The molecule has 22 heteroatoms. The van der Waals surface area contributed by atoms with Gasteiger partial charge in [-0.15, -0.1) is 11.3 Å². The summed E-state index contributed by atoms with van der Waals surface area (Å²) in [7, 11) is -0.357. The molecule has 2 aromatic carbocycles. The van der Waals surface area contributed by atoms with Crippen LogP contribution in [0, 0.1) is 0 Å².